The van der Waals surface area contributed by atoms with Crippen LogP contribution in [0, 0.1) is 6.92 Å². The monoisotopic (exact) mass is 557 g/mol. The van der Waals surface area contributed by atoms with E-state index in [0.717, 1.165) is 21.7 Å². The first kappa shape index (κ1) is 29.0. The van der Waals surface area contributed by atoms with Gasteiger partial charge in [0, 0.05) is 25.0 Å². The molecule has 10 heteroatoms. The van der Waals surface area contributed by atoms with Crippen LogP contribution in [0.3, 0.4) is 0 Å². The predicted molar refractivity (Wildman–Crippen MR) is 150 cm³/mol. The van der Waals surface area contributed by atoms with Gasteiger partial charge in [0.05, 0.1) is 19.1 Å². The summed E-state index contributed by atoms with van der Waals surface area (Å²) in [5.41, 5.74) is 2.52. The molecule has 8 nitrogen and oxygen atoms in total. The Kier molecular flexibility index (Phi) is 9.77. The van der Waals surface area contributed by atoms with E-state index < -0.39 is 28.5 Å². The number of ether oxygens (including phenoxy) is 1. The molecule has 0 aliphatic carbocycles. The number of nitrogens with zero attached hydrogens (tertiary/aromatic N) is 2. The molecule has 0 spiro atoms. The van der Waals surface area contributed by atoms with Gasteiger partial charge < -0.3 is 15.0 Å². The van der Waals surface area contributed by atoms with Crippen molar-refractivity contribution in [1.29, 1.82) is 0 Å². The molecule has 0 saturated heterocycles. The summed E-state index contributed by atoms with van der Waals surface area (Å²) in [5, 5.41) is 2.99. The molecule has 3 aromatic carbocycles. The van der Waals surface area contributed by atoms with E-state index in [9.17, 15) is 18.0 Å². The largest absolute Gasteiger partial charge is 0.497 e. The number of likely N-dealkylation sites (N-methyl/N-ethyl adjacent to an activating group) is 1. The number of amides is 2. The van der Waals surface area contributed by atoms with Crippen molar-refractivity contribution in [1.82, 2.24) is 10.2 Å². The number of hydrogen-bond donors (Lipinski definition) is 1. The zero-order valence-electron chi connectivity index (χ0n) is 21.8. The Bertz CT molecular complexity index is 1380. The van der Waals surface area contributed by atoms with Gasteiger partial charge in [0.2, 0.25) is 21.8 Å². The van der Waals surface area contributed by atoms with Gasteiger partial charge in [-0.05, 0) is 47.9 Å². The van der Waals surface area contributed by atoms with E-state index in [2.05, 4.69) is 5.32 Å². The number of rotatable bonds is 11. The van der Waals surface area contributed by atoms with E-state index in [1.165, 1.54) is 18.0 Å². The van der Waals surface area contributed by atoms with Crippen molar-refractivity contribution in [2.24, 2.45) is 0 Å². The topological polar surface area (TPSA) is 96.0 Å². The molecule has 2 amide bonds. The summed E-state index contributed by atoms with van der Waals surface area (Å²) in [7, 11) is -0.823. The summed E-state index contributed by atoms with van der Waals surface area (Å²) in [5.74, 6) is -0.307. The molecule has 0 aliphatic heterocycles. The highest BCUT2D eigenvalue weighted by atomic mass is 35.5. The number of aryl methyl sites for hydroxylation is 1. The number of hydrogen-bond acceptors (Lipinski definition) is 5. The summed E-state index contributed by atoms with van der Waals surface area (Å²) in [4.78, 5) is 28.5. The SMILES string of the molecule is CNC(=O)C(Cc1ccccc1)N(Cc1cccc(OC)c1)C(=O)CN(c1cc(Cl)ccc1C)S(C)(=O)=O. The molecule has 0 radical (unpaired) electrons. The Morgan fingerprint density at radius 2 is 1.68 bits per heavy atom. The van der Waals surface area contributed by atoms with Gasteiger partial charge in [-0.1, -0.05) is 60.1 Å². The molecule has 0 aliphatic rings. The maximum atomic E-state index is 14.0. The van der Waals surface area contributed by atoms with Crippen molar-refractivity contribution in [2.45, 2.75) is 25.9 Å². The number of sulfonamides is 1. The van der Waals surface area contributed by atoms with Crippen LogP contribution in [-0.2, 0) is 32.6 Å². The maximum absolute atomic E-state index is 14.0. The average Bonchev–Trinajstić information content (AvgIpc) is 2.90. The summed E-state index contributed by atoms with van der Waals surface area (Å²) in [6.45, 7) is 1.30. The van der Waals surface area contributed by atoms with Crippen LogP contribution in [0.2, 0.25) is 5.02 Å². The van der Waals surface area contributed by atoms with Crippen LogP contribution in [0.15, 0.2) is 72.8 Å². The molecular weight excluding hydrogens is 526 g/mol. The van der Waals surface area contributed by atoms with Crippen LogP contribution in [0.1, 0.15) is 16.7 Å². The maximum Gasteiger partial charge on any atom is 0.244 e. The molecule has 1 N–H and O–H groups in total. The van der Waals surface area contributed by atoms with Gasteiger partial charge in [0.25, 0.3) is 0 Å². The first-order valence-electron chi connectivity index (χ1n) is 11.9. The minimum absolute atomic E-state index is 0.0626. The van der Waals surface area contributed by atoms with Gasteiger partial charge in [-0.2, -0.15) is 0 Å². The highest BCUT2D eigenvalue weighted by molar-refractivity contribution is 7.92. The van der Waals surface area contributed by atoms with Crippen molar-refractivity contribution in [3.8, 4) is 5.75 Å². The third-order valence-electron chi connectivity index (χ3n) is 6.12. The van der Waals surface area contributed by atoms with E-state index in [1.54, 1.807) is 44.4 Å². The lowest BCUT2D eigenvalue weighted by Gasteiger charge is -2.33. The number of methoxy groups -OCH3 is 1. The van der Waals surface area contributed by atoms with E-state index in [4.69, 9.17) is 16.3 Å². The standard InChI is InChI=1S/C28H32ClN3O5S/c1-20-13-14-23(29)17-25(20)32(38(4,35)36)19-27(33)31(18-22-11-8-12-24(15-22)37-3)26(28(34)30-2)16-21-9-6-5-7-10-21/h5-15,17,26H,16,18-19H2,1-4H3,(H,30,34). The van der Waals surface area contributed by atoms with Crippen LogP contribution in [0.4, 0.5) is 5.69 Å². The molecule has 0 bridgehead atoms. The lowest BCUT2D eigenvalue weighted by atomic mass is 10.0. The van der Waals surface area contributed by atoms with E-state index in [1.807, 2.05) is 36.4 Å². The van der Waals surface area contributed by atoms with Crippen molar-refractivity contribution in [3.05, 3.63) is 94.5 Å². The van der Waals surface area contributed by atoms with E-state index in [0.29, 0.717) is 22.0 Å². The van der Waals surface area contributed by atoms with Gasteiger partial charge in [-0.15, -0.1) is 0 Å². The van der Waals surface area contributed by atoms with E-state index >= 15 is 0 Å². The molecule has 202 valence electrons. The first-order chi connectivity index (χ1) is 18.0. The Hall–Kier alpha value is -3.56. The molecule has 0 saturated carbocycles. The second-order valence-corrected chi connectivity index (χ2v) is 11.2. The van der Waals surface area contributed by atoms with Crippen molar-refractivity contribution in [2.75, 3.05) is 31.3 Å². The summed E-state index contributed by atoms with van der Waals surface area (Å²) in [6, 6.07) is 20.5. The molecule has 3 aromatic rings. The number of carbonyl (C=O) groups excluding carboxylic acids is 2. The van der Waals surface area contributed by atoms with Crippen LogP contribution < -0.4 is 14.4 Å². The summed E-state index contributed by atoms with van der Waals surface area (Å²) in [6.07, 6.45) is 1.28. The fourth-order valence-corrected chi connectivity index (χ4v) is 5.20. The Labute approximate surface area is 229 Å². The zero-order valence-corrected chi connectivity index (χ0v) is 23.4. The van der Waals surface area contributed by atoms with Crippen LogP contribution in [0.25, 0.3) is 0 Å². The number of anilines is 1. The minimum atomic E-state index is -3.87. The lowest BCUT2D eigenvalue weighted by molar-refractivity contribution is -0.139. The third-order valence-corrected chi connectivity index (χ3v) is 7.49. The number of nitrogens with one attached hydrogen (secondary N) is 1. The third kappa shape index (κ3) is 7.49. The minimum Gasteiger partial charge on any atom is -0.497 e. The van der Waals surface area contributed by atoms with Crippen molar-refractivity contribution >= 4 is 39.1 Å². The van der Waals surface area contributed by atoms with Gasteiger partial charge in [-0.25, -0.2) is 8.42 Å². The highest BCUT2D eigenvalue weighted by Gasteiger charge is 2.33. The first-order valence-corrected chi connectivity index (χ1v) is 14.2. The number of carbonyl (C=O) groups is 2. The average molecular weight is 558 g/mol. The van der Waals surface area contributed by atoms with Crippen molar-refractivity contribution in [3.63, 3.8) is 0 Å². The quantitative estimate of drug-likeness (QED) is 0.387. The molecule has 38 heavy (non-hydrogen) atoms. The second-order valence-electron chi connectivity index (χ2n) is 8.89. The fourth-order valence-electron chi connectivity index (χ4n) is 4.13. The van der Waals surface area contributed by atoms with Gasteiger partial charge in [-0.3, -0.25) is 13.9 Å². The van der Waals surface area contributed by atoms with Crippen LogP contribution in [-0.4, -0.2) is 58.1 Å². The second kappa shape index (κ2) is 12.8. The Morgan fingerprint density at radius 1 is 1.00 bits per heavy atom. The van der Waals surface area contributed by atoms with Crippen molar-refractivity contribution < 1.29 is 22.7 Å². The Morgan fingerprint density at radius 3 is 2.32 bits per heavy atom. The molecule has 1 unspecified atom stereocenters. The molecule has 1 atom stereocenters. The smallest absolute Gasteiger partial charge is 0.244 e. The molecular formula is C28H32ClN3O5S. The zero-order chi connectivity index (χ0) is 27.9. The van der Waals surface area contributed by atoms with Crippen LogP contribution >= 0.6 is 11.6 Å². The normalized spacial score (nSPS) is 11.9. The Balaban J connectivity index is 2.06. The number of benzene rings is 3. The fraction of sp³-hybridized carbons (Fsp3) is 0.286. The molecule has 3 rings (SSSR count). The van der Waals surface area contributed by atoms with E-state index in [-0.39, 0.29) is 18.9 Å². The van der Waals surface area contributed by atoms with Crippen LogP contribution in [0.5, 0.6) is 5.75 Å². The molecule has 0 fully saturated rings. The summed E-state index contributed by atoms with van der Waals surface area (Å²) >= 11 is 6.17. The van der Waals surface area contributed by atoms with Gasteiger partial charge in [0.1, 0.15) is 18.3 Å². The van der Waals surface area contributed by atoms with Gasteiger partial charge >= 0.3 is 0 Å². The number of halogens is 1. The lowest BCUT2D eigenvalue weighted by Crippen LogP contribution is -2.53. The molecule has 0 aromatic heterocycles. The molecule has 0 heterocycles. The van der Waals surface area contributed by atoms with Gasteiger partial charge in [0.15, 0.2) is 0 Å². The highest BCUT2D eigenvalue weighted by Crippen LogP contribution is 2.27. The predicted octanol–water partition coefficient (Wildman–Crippen LogP) is 3.81. The summed E-state index contributed by atoms with van der Waals surface area (Å²) < 4.78 is 32.1.